The third kappa shape index (κ3) is 2.98. The van der Waals surface area contributed by atoms with Gasteiger partial charge in [-0.15, -0.1) is 0 Å². The molecule has 0 bridgehead atoms. The van der Waals surface area contributed by atoms with Gasteiger partial charge in [0.25, 0.3) is 0 Å². The first kappa shape index (κ1) is 16.4. The average Bonchev–Trinajstić information content (AvgIpc) is 2.47. The Balaban J connectivity index is 0.00000161. The molecule has 21 heavy (non-hydrogen) atoms. The van der Waals surface area contributed by atoms with Gasteiger partial charge >= 0.3 is 57.4 Å². The predicted molar refractivity (Wildman–Crippen MR) is 83.1 cm³/mol. The summed E-state index contributed by atoms with van der Waals surface area (Å²) in [6.45, 7) is 1.98. The number of para-hydroxylation sites is 1. The van der Waals surface area contributed by atoms with Crippen LogP contribution in [0.1, 0.15) is 17.3 Å². The second-order valence-corrected chi connectivity index (χ2v) is 4.33. The fraction of sp³-hybridized carbons (Fsp3) is 0.125. The molecule has 2 aromatic carbocycles. The van der Waals surface area contributed by atoms with Crippen molar-refractivity contribution >= 4 is 79.3 Å². The zero-order valence-corrected chi connectivity index (χ0v) is 10.9. The minimum absolute atomic E-state index is 0. The molecule has 3 rings (SSSR count). The van der Waals surface area contributed by atoms with Crippen LogP contribution in [0.25, 0.3) is 21.9 Å². The molecule has 0 N–H and O–H groups in total. The quantitative estimate of drug-likeness (QED) is 0.414. The van der Waals surface area contributed by atoms with Crippen molar-refractivity contribution in [3.05, 3.63) is 58.3 Å². The molecule has 0 aliphatic heterocycles. The van der Waals surface area contributed by atoms with Gasteiger partial charge in [-0.25, -0.2) is 4.79 Å². The molecule has 0 saturated heterocycles. The molecule has 0 amide bonds. The molecule has 1 aromatic heterocycles. The van der Waals surface area contributed by atoms with Crippen LogP contribution in [0.3, 0.4) is 0 Å². The van der Waals surface area contributed by atoms with E-state index in [2.05, 4.69) is 0 Å². The normalized spacial score (nSPS) is 10.3. The van der Waals surface area contributed by atoms with Crippen LogP contribution in [-0.4, -0.2) is 64.0 Å². The Bertz CT molecular complexity index is 867. The molecule has 0 spiro atoms. The van der Waals surface area contributed by atoms with Crippen LogP contribution < -0.4 is 5.43 Å². The molecule has 0 atom stereocenters. The molecule has 0 aliphatic carbocycles. The molecule has 0 saturated carbocycles. The van der Waals surface area contributed by atoms with Crippen LogP contribution in [0, 0.1) is 0 Å². The summed E-state index contributed by atoms with van der Waals surface area (Å²) in [5.41, 5.74) is 0.916. The van der Waals surface area contributed by atoms with Crippen LogP contribution in [0.15, 0.2) is 51.7 Å². The third-order valence-corrected chi connectivity index (χ3v) is 3.10. The van der Waals surface area contributed by atoms with Crippen molar-refractivity contribution in [2.75, 3.05) is 6.61 Å². The molecule has 5 heteroatoms. The predicted octanol–water partition coefficient (Wildman–Crippen LogP) is 2.47. The Morgan fingerprint density at radius 1 is 1.10 bits per heavy atom. The van der Waals surface area contributed by atoms with E-state index in [9.17, 15) is 9.59 Å². The van der Waals surface area contributed by atoms with Crippen molar-refractivity contribution in [2.45, 2.75) is 6.92 Å². The molecule has 0 aliphatic rings. The van der Waals surface area contributed by atoms with E-state index < -0.39 is 5.97 Å². The van der Waals surface area contributed by atoms with Crippen molar-refractivity contribution in [1.29, 1.82) is 0 Å². The zero-order chi connectivity index (χ0) is 14.1. The number of hydrogen-bond donors (Lipinski definition) is 0. The second kappa shape index (κ2) is 6.85. The first-order valence-electron chi connectivity index (χ1n) is 6.34. The number of carbonyl (C=O) groups is 1. The van der Waals surface area contributed by atoms with E-state index in [1.807, 2.05) is 0 Å². The Hall–Kier alpha value is -0.984. The van der Waals surface area contributed by atoms with Crippen molar-refractivity contribution in [1.82, 2.24) is 0 Å². The number of carbonyl (C=O) groups excluding carboxylic acids is 1. The molecular weight excluding hydrogens is 295 g/mol. The first-order valence-corrected chi connectivity index (χ1v) is 6.34. The number of rotatable bonds is 2. The Morgan fingerprint density at radius 3 is 2.57 bits per heavy atom. The summed E-state index contributed by atoms with van der Waals surface area (Å²) < 4.78 is 10.7. The minimum atomic E-state index is -0.513. The van der Waals surface area contributed by atoms with Gasteiger partial charge in [0.05, 0.1) is 22.9 Å². The van der Waals surface area contributed by atoms with Crippen molar-refractivity contribution in [3.8, 4) is 0 Å². The third-order valence-electron chi connectivity index (χ3n) is 3.10. The molecule has 0 fully saturated rings. The number of hydrogen-bond acceptors (Lipinski definition) is 4. The van der Waals surface area contributed by atoms with E-state index in [4.69, 9.17) is 9.15 Å². The number of fused-ring (bicyclic) bond motifs is 2. The summed E-state index contributed by atoms with van der Waals surface area (Å²) in [6, 6.07) is 11.9. The van der Waals surface area contributed by atoms with Gasteiger partial charge in [-0.1, -0.05) is 18.2 Å². The van der Waals surface area contributed by atoms with E-state index in [0.29, 0.717) is 16.6 Å². The zero-order valence-electron chi connectivity index (χ0n) is 10.9. The second-order valence-electron chi connectivity index (χ2n) is 4.33. The molecule has 3 aromatic rings. The average molecular weight is 308 g/mol. The number of esters is 1. The van der Waals surface area contributed by atoms with Gasteiger partial charge < -0.3 is 9.15 Å². The first-order chi connectivity index (χ1) is 9.72. The van der Waals surface area contributed by atoms with E-state index in [1.54, 1.807) is 49.4 Å². The van der Waals surface area contributed by atoms with Gasteiger partial charge in [0.1, 0.15) is 11.2 Å². The Labute approximate surface area is 163 Å². The van der Waals surface area contributed by atoms with E-state index in [1.165, 1.54) is 0 Å². The monoisotopic (exact) mass is 308 g/mol. The molecular formula is C16H13KO4. The fourth-order valence-electron chi connectivity index (χ4n) is 2.23. The van der Waals surface area contributed by atoms with Gasteiger partial charge in [-0.05, 0) is 31.2 Å². The maximum atomic E-state index is 12.5. The van der Waals surface area contributed by atoms with Crippen LogP contribution in [-0.2, 0) is 4.74 Å². The standard InChI is InChI=1S/C16H12O4.K.H/c1-2-19-16(18)11-7-5-9-13-14(11)15(17)10-6-3-4-8-12(10)20-13;;/h3-9H,2H2,1H3;;. The molecule has 0 unspecified atom stereocenters. The fourth-order valence-corrected chi connectivity index (χ4v) is 2.23. The van der Waals surface area contributed by atoms with Crippen molar-refractivity contribution < 1.29 is 13.9 Å². The molecule has 1 heterocycles. The van der Waals surface area contributed by atoms with E-state index in [-0.39, 0.29) is 74.4 Å². The van der Waals surface area contributed by atoms with Gasteiger partial charge in [0.15, 0.2) is 0 Å². The van der Waals surface area contributed by atoms with Gasteiger partial charge in [0.2, 0.25) is 5.43 Å². The number of ether oxygens (including phenoxy) is 1. The van der Waals surface area contributed by atoms with Crippen LogP contribution >= 0.6 is 0 Å². The van der Waals surface area contributed by atoms with Crippen molar-refractivity contribution in [2.24, 2.45) is 0 Å². The molecule has 102 valence electrons. The summed E-state index contributed by atoms with van der Waals surface area (Å²) in [5, 5.41) is 0.724. The van der Waals surface area contributed by atoms with E-state index in [0.717, 1.165) is 0 Å². The summed E-state index contributed by atoms with van der Waals surface area (Å²) in [6.07, 6.45) is 0. The van der Waals surface area contributed by atoms with Crippen LogP contribution in [0.5, 0.6) is 0 Å². The maximum absolute atomic E-state index is 12.5. The summed E-state index contributed by atoms with van der Waals surface area (Å²) >= 11 is 0. The Morgan fingerprint density at radius 2 is 1.81 bits per heavy atom. The topological polar surface area (TPSA) is 56.5 Å². The van der Waals surface area contributed by atoms with Gasteiger partial charge in [-0.3, -0.25) is 4.79 Å². The molecule has 0 radical (unpaired) electrons. The van der Waals surface area contributed by atoms with Gasteiger partial charge in [-0.2, -0.15) is 0 Å². The molecule has 4 nitrogen and oxygen atoms in total. The van der Waals surface area contributed by atoms with Gasteiger partial charge in [0, 0.05) is 0 Å². The SMILES string of the molecule is CCOC(=O)c1cccc2oc3ccccc3c(=O)c12.[KH]. The summed E-state index contributed by atoms with van der Waals surface area (Å²) in [7, 11) is 0. The van der Waals surface area contributed by atoms with Crippen LogP contribution in [0.4, 0.5) is 0 Å². The van der Waals surface area contributed by atoms with Crippen molar-refractivity contribution in [3.63, 3.8) is 0 Å². The summed E-state index contributed by atoms with van der Waals surface area (Å²) in [4.78, 5) is 24.5. The number of benzene rings is 2. The Kier molecular flexibility index (Phi) is 5.35. The van der Waals surface area contributed by atoms with E-state index >= 15 is 0 Å². The van der Waals surface area contributed by atoms with Crippen LogP contribution in [0.2, 0.25) is 0 Å². The summed E-state index contributed by atoms with van der Waals surface area (Å²) in [5.74, 6) is -0.513.